The van der Waals surface area contributed by atoms with Gasteiger partial charge < -0.3 is 11.5 Å². The van der Waals surface area contributed by atoms with Crippen molar-refractivity contribution in [2.24, 2.45) is 11.5 Å². The quantitative estimate of drug-likeness (QED) is 0.257. The molecule has 0 aliphatic rings. The molecule has 5 rings (SSSR count). The zero-order chi connectivity index (χ0) is 20.7. The van der Waals surface area contributed by atoms with Gasteiger partial charge in [-0.25, -0.2) is 0 Å². The summed E-state index contributed by atoms with van der Waals surface area (Å²) in [6.45, 7) is 3.26. The lowest BCUT2D eigenvalue weighted by atomic mass is 10.2. The lowest BCUT2D eigenvalue weighted by Crippen LogP contribution is -1.95. The van der Waals surface area contributed by atoms with Crippen molar-refractivity contribution in [1.82, 2.24) is 0 Å². The molecule has 5 heterocycles. The molecule has 7 heteroatoms. The van der Waals surface area contributed by atoms with Crippen LogP contribution in [0.15, 0.2) is 53.9 Å². The molecule has 0 saturated carbocycles. The van der Waals surface area contributed by atoms with Gasteiger partial charge in [-0.05, 0) is 65.9 Å². The molecule has 0 atom stereocenters. The Morgan fingerprint density at radius 1 is 0.633 bits per heavy atom. The van der Waals surface area contributed by atoms with Crippen molar-refractivity contribution in [1.29, 1.82) is 0 Å². The molecule has 0 radical (unpaired) electrons. The van der Waals surface area contributed by atoms with Crippen molar-refractivity contribution in [3.05, 3.63) is 69.9 Å². The number of hydrogen-bond acceptors (Lipinski definition) is 7. The van der Waals surface area contributed by atoms with Crippen LogP contribution < -0.4 is 11.5 Å². The van der Waals surface area contributed by atoms with Gasteiger partial charge in [0.25, 0.3) is 0 Å². The van der Waals surface area contributed by atoms with Crippen molar-refractivity contribution >= 4 is 56.7 Å². The summed E-state index contributed by atoms with van der Waals surface area (Å²) in [5, 5.41) is 2.12. The fraction of sp³-hybridized carbons (Fsp3) is 0.130. The van der Waals surface area contributed by atoms with Crippen molar-refractivity contribution in [3.8, 4) is 39.0 Å². The minimum atomic E-state index is 0.555. The number of nitrogens with two attached hydrogens (primary N) is 2. The number of thiophene rings is 5. The summed E-state index contributed by atoms with van der Waals surface area (Å²) in [6.07, 6.45) is 0. The second-order valence-electron chi connectivity index (χ2n) is 6.89. The standard InChI is InChI=1S/C23H20N2S5/c1-13-4-5-17(27-13)21-10-15(12-25)23(30-21)19-7-6-18(28-19)22-14(11-24)9-20(29-22)16-3-2-8-26-16/h2-10H,11-12,24-25H2,1H3. The minimum absolute atomic E-state index is 0.555. The fourth-order valence-electron chi connectivity index (χ4n) is 3.39. The van der Waals surface area contributed by atoms with E-state index in [0.717, 1.165) is 0 Å². The van der Waals surface area contributed by atoms with Crippen LogP contribution in [0.25, 0.3) is 39.0 Å². The summed E-state index contributed by atoms with van der Waals surface area (Å²) in [5.74, 6) is 0. The topological polar surface area (TPSA) is 52.0 Å². The average molecular weight is 485 g/mol. The molecule has 0 fully saturated rings. The van der Waals surface area contributed by atoms with E-state index in [2.05, 4.69) is 60.8 Å². The second-order valence-corrected chi connectivity index (χ2v) is 12.3. The summed E-state index contributed by atoms with van der Waals surface area (Å²) in [5.41, 5.74) is 14.6. The van der Waals surface area contributed by atoms with E-state index in [4.69, 9.17) is 11.5 Å². The highest BCUT2D eigenvalue weighted by molar-refractivity contribution is 7.29. The van der Waals surface area contributed by atoms with Gasteiger partial charge in [-0.15, -0.1) is 56.7 Å². The number of hydrogen-bond donors (Lipinski definition) is 2. The van der Waals surface area contributed by atoms with Crippen molar-refractivity contribution < 1.29 is 0 Å². The SMILES string of the molecule is Cc1ccc(-c2cc(CN)c(-c3ccc(-c4sc(-c5cccs5)cc4CN)s3)s2)s1. The zero-order valence-electron chi connectivity index (χ0n) is 16.3. The summed E-state index contributed by atoms with van der Waals surface area (Å²) < 4.78 is 0. The molecule has 0 aliphatic heterocycles. The van der Waals surface area contributed by atoms with Gasteiger partial charge in [0.05, 0.1) is 0 Å². The van der Waals surface area contributed by atoms with E-state index in [0.29, 0.717) is 13.1 Å². The maximum atomic E-state index is 6.11. The monoisotopic (exact) mass is 484 g/mol. The fourth-order valence-corrected chi connectivity index (χ4v) is 8.84. The smallest absolute Gasteiger partial charge is 0.0494 e. The van der Waals surface area contributed by atoms with Crippen LogP contribution in [-0.4, -0.2) is 0 Å². The first-order chi connectivity index (χ1) is 14.7. The molecule has 0 unspecified atom stereocenters. The van der Waals surface area contributed by atoms with E-state index in [-0.39, 0.29) is 0 Å². The van der Waals surface area contributed by atoms with Gasteiger partial charge in [-0.2, -0.15) is 0 Å². The molecule has 0 spiro atoms. The Morgan fingerprint density at radius 2 is 1.23 bits per heavy atom. The Kier molecular flexibility index (Phi) is 5.77. The molecule has 0 saturated heterocycles. The van der Waals surface area contributed by atoms with Crippen LogP contribution >= 0.6 is 56.7 Å². The predicted octanol–water partition coefficient (Wildman–Crippen LogP) is 7.89. The highest BCUT2D eigenvalue weighted by atomic mass is 32.1. The van der Waals surface area contributed by atoms with Crippen LogP contribution in [0.3, 0.4) is 0 Å². The molecular formula is C23H20N2S5. The molecular weight excluding hydrogens is 465 g/mol. The van der Waals surface area contributed by atoms with Crippen molar-refractivity contribution in [3.63, 3.8) is 0 Å². The molecule has 0 aromatic carbocycles. The summed E-state index contributed by atoms with van der Waals surface area (Å²) >= 11 is 9.14. The maximum Gasteiger partial charge on any atom is 0.0494 e. The zero-order valence-corrected chi connectivity index (χ0v) is 20.4. The van der Waals surface area contributed by atoms with Crippen molar-refractivity contribution in [2.45, 2.75) is 20.0 Å². The van der Waals surface area contributed by atoms with Crippen LogP contribution in [0.1, 0.15) is 16.0 Å². The van der Waals surface area contributed by atoms with Crippen LogP contribution in [0.5, 0.6) is 0 Å². The third-order valence-electron chi connectivity index (χ3n) is 4.86. The molecule has 0 amide bonds. The van der Waals surface area contributed by atoms with Crippen LogP contribution in [0.2, 0.25) is 0 Å². The predicted molar refractivity (Wildman–Crippen MR) is 138 cm³/mol. The normalized spacial score (nSPS) is 11.4. The van der Waals surface area contributed by atoms with Gasteiger partial charge in [-0.3, -0.25) is 0 Å². The highest BCUT2D eigenvalue weighted by Gasteiger charge is 2.18. The first-order valence-corrected chi connectivity index (χ1v) is 13.7. The van der Waals surface area contributed by atoms with Crippen LogP contribution in [0.4, 0.5) is 0 Å². The van der Waals surface area contributed by atoms with E-state index < -0.39 is 0 Å². The Morgan fingerprint density at radius 3 is 1.73 bits per heavy atom. The van der Waals surface area contributed by atoms with Gasteiger partial charge in [0.1, 0.15) is 0 Å². The number of aryl methyl sites for hydroxylation is 1. The van der Waals surface area contributed by atoms with Crippen LogP contribution in [-0.2, 0) is 13.1 Å². The Hall–Kier alpha value is -1.58. The molecule has 2 nitrogen and oxygen atoms in total. The van der Waals surface area contributed by atoms with Gasteiger partial charge in [-0.1, -0.05) is 6.07 Å². The first-order valence-electron chi connectivity index (χ1n) is 9.53. The van der Waals surface area contributed by atoms with E-state index in [1.807, 2.05) is 45.3 Å². The van der Waals surface area contributed by atoms with E-state index >= 15 is 0 Å². The Labute approximate surface area is 196 Å². The molecule has 4 N–H and O–H groups in total. The van der Waals surface area contributed by atoms with E-state index in [1.54, 1.807) is 11.3 Å². The summed E-state index contributed by atoms with van der Waals surface area (Å²) in [7, 11) is 0. The highest BCUT2D eigenvalue weighted by Crippen LogP contribution is 2.47. The second kappa shape index (κ2) is 8.51. The molecule has 30 heavy (non-hydrogen) atoms. The van der Waals surface area contributed by atoms with Gasteiger partial charge in [0.15, 0.2) is 0 Å². The largest absolute Gasteiger partial charge is 0.326 e. The third-order valence-corrected chi connectivity index (χ3v) is 10.9. The molecule has 0 bridgehead atoms. The molecule has 152 valence electrons. The lowest BCUT2D eigenvalue weighted by molar-refractivity contribution is 1.09. The van der Waals surface area contributed by atoms with Crippen LogP contribution in [0, 0.1) is 6.92 Å². The molecule has 5 aromatic rings. The first kappa shape index (κ1) is 20.3. The summed E-state index contributed by atoms with van der Waals surface area (Å²) in [6, 6.07) is 17.6. The minimum Gasteiger partial charge on any atom is -0.326 e. The Balaban J connectivity index is 1.53. The average Bonchev–Trinajstić information content (AvgIpc) is 3.56. The maximum absolute atomic E-state index is 6.11. The molecule has 5 aromatic heterocycles. The van der Waals surface area contributed by atoms with E-state index in [9.17, 15) is 0 Å². The lowest BCUT2D eigenvalue weighted by Gasteiger charge is -1.98. The van der Waals surface area contributed by atoms with Gasteiger partial charge in [0, 0.05) is 57.0 Å². The number of rotatable bonds is 6. The van der Waals surface area contributed by atoms with Gasteiger partial charge >= 0.3 is 0 Å². The molecule has 0 aliphatic carbocycles. The Bertz CT molecular complexity index is 1280. The van der Waals surface area contributed by atoms with Gasteiger partial charge in [0.2, 0.25) is 0 Å². The third kappa shape index (κ3) is 3.76. The summed E-state index contributed by atoms with van der Waals surface area (Å²) in [4.78, 5) is 11.7. The van der Waals surface area contributed by atoms with E-state index in [1.165, 1.54) is 55.0 Å². The van der Waals surface area contributed by atoms with Crippen molar-refractivity contribution in [2.75, 3.05) is 0 Å².